The number of hydrogen-bond donors (Lipinski definition) is 3. The number of rotatable bonds is 8. The van der Waals surface area contributed by atoms with Gasteiger partial charge in [-0.05, 0) is 61.7 Å². The molecule has 0 unspecified atom stereocenters. The predicted octanol–water partition coefficient (Wildman–Crippen LogP) is 5.66. The summed E-state index contributed by atoms with van der Waals surface area (Å²) in [5.74, 6) is 0.472. The van der Waals surface area contributed by atoms with E-state index < -0.39 is 6.09 Å². The molecule has 3 amide bonds. The molecule has 1 aliphatic rings. The van der Waals surface area contributed by atoms with Crippen LogP contribution in [0.15, 0.2) is 48.5 Å². The van der Waals surface area contributed by atoms with Crippen molar-refractivity contribution in [1.29, 1.82) is 0 Å². The van der Waals surface area contributed by atoms with Crippen molar-refractivity contribution in [3.05, 3.63) is 70.6 Å². The van der Waals surface area contributed by atoms with Crippen LogP contribution in [-0.4, -0.2) is 39.1 Å². The maximum Gasteiger partial charge on any atom is 0.409 e. The van der Waals surface area contributed by atoms with Gasteiger partial charge in [0.1, 0.15) is 5.82 Å². The first-order valence-electron chi connectivity index (χ1n) is 12.0. The Labute approximate surface area is 214 Å². The number of hydrogen-bond acceptors (Lipinski definition) is 4. The molecule has 188 valence electrons. The molecule has 0 saturated heterocycles. The smallest absolute Gasteiger partial charge is 0.409 e. The van der Waals surface area contributed by atoms with Crippen LogP contribution in [-0.2, 0) is 13.0 Å². The first-order chi connectivity index (χ1) is 17.4. The number of benzene rings is 2. The van der Waals surface area contributed by atoms with Gasteiger partial charge in [-0.15, -0.1) is 0 Å². The molecule has 0 radical (unpaired) electrons. The van der Waals surface area contributed by atoms with Crippen LogP contribution in [0.5, 0.6) is 0 Å². The number of imidazole rings is 1. The summed E-state index contributed by atoms with van der Waals surface area (Å²) < 4.78 is 1.90. The summed E-state index contributed by atoms with van der Waals surface area (Å²) in [4.78, 5) is 44.4. The van der Waals surface area contributed by atoms with E-state index in [0.717, 1.165) is 37.9 Å². The van der Waals surface area contributed by atoms with E-state index in [9.17, 15) is 14.4 Å². The van der Waals surface area contributed by atoms with Crippen molar-refractivity contribution in [3.63, 3.8) is 0 Å². The van der Waals surface area contributed by atoms with E-state index in [1.807, 2.05) is 11.5 Å². The Morgan fingerprint density at radius 2 is 1.81 bits per heavy atom. The number of aromatic nitrogens is 2. The van der Waals surface area contributed by atoms with Crippen molar-refractivity contribution in [3.8, 4) is 0 Å². The molecule has 0 bridgehead atoms. The lowest BCUT2D eigenvalue weighted by atomic mass is 10.1. The molecule has 0 saturated carbocycles. The maximum atomic E-state index is 13.6. The summed E-state index contributed by atoms with van der Waals surface area (Å²) in [7, 11) is 0. The molecule has 2 heterocycles. The number of aryl methyl sites for hydroxylation is 1. The van der Waals surface area contributed by atoms with Crippen LogP contribution >= 0.6 is 11.6 Å². The van der Waals surface area contributed by atoms with Gasteiger partial charge in [-0.2, -0.15) is 0 Å². The summed E-state index contributed by atoms with van der Waals surface area (Å²) in [6.07, 6.45) is 3.04. The molecule has 3 N–H and O–H groups in total. The molecule has 0 aliphatic carbocycles. The number of unbranched alkanes of at least 4 members (excludes halogenated alkanes) is 1. The van der Waals surface area contributed by atoms with E-state index in [0.29, 0.717) is 46.6 Å². The highest BCUT2D eigenvalue weighted by molar-refractivity contribution is 6.31. The molecule has 36 heavy (non-hydrogen) atoms. The van der Waals surface area contributed by atoms with Gasteiger partial charge in [0.2, 0.25) is 0 Å². The zero-order chi connectivity index (χ0) is 25.7. The number of carbonyl (C=O) groups is 3. The third kappa shape index (κ3) is 5.68. The standard InChI is InChI=1S/C26H28ClN5O4/c1-2-3-14-32(25(34)17-7-6-8-18(27)16-17)23-22(31-15-5-4-9-21(31)30-23)24(33)28-19-10-12-20(13-11-19)29-26(35)36/h6-8,10-13,16,29H,2-5,9,14-15H2,1H3,(H,28,33)(H,35,36). The topological polar surface area (TPSA) is 117 Å². The van der Waals surface area contributed by atoms with Crippen LogP contribution < -0.4 is 15.5 Å². The van der Waals surface area contributed by atoms with E-state index in [2.05, 4.69) is 10.6 Å². The van der Waals surface area contributed by atoms with Crippen molar-refractivity contribution in [2.24, 2.45) is 0 Å². The highest BCUT2D eigenvalue weighted by Crippen LogP contribution is 2.29. The molecule has 9 nitrogen and oxygen atoms in total. The zero-order valence-corrected chi connectivity index (χ0v) is 20.7. The Hall–Kier alpha value is -3.85. The minimum Gasteiger partial charge on any atom is -0.465 e. The first-order valence-corrected chi connectivity index (χ1v) is 12.3. The van der Waals surface area contributed by atoms with Gasteiger partial charge in [0, 0.05) is 41.5 Å². The largest absolute Gasteiger partial charge is 0.465 e. The normalized spacial score (nSPS) is 12.5. The Morgan fingerprint density at radius 1 is 1.08 bits per heavy atom. The minimum absolute atomic E-state index is 0.264. The van der Waals surface area contributed by atoms with Crippen molar-refractivity contribution < 1.29 is 19.5 Å². The maximum absolute atomic E-state index is 13.6. The third-order valence-corrected chi connectivity index (χ3v) is 6.21. The zero-order valence-electron chi connectivity index (χ0n) is 20.0. The SMILES string of the molecule is CCCCN(C(=O)c1cccc(Cl)c1)c1nc2n(c1C(=O)Nc1ccc(NC(=O)O)cc1)CCCC2. The van der Waals surface area contributed by atoms with E-state index in [-0.39, 0.29) is 11.8 Å². The van der Waals surface area contributed by atoms with Crippen LogP contribution in [0, 0.1) is 0 Å². The fourth-order valence-corrected chi connectivity index (χ4v) is 4.42. The second-order valence-electron chi connectivity index (χ2n) is 8.59. The number of halogens is 1. The number of carboxylic acid groups (broad SMARTS) is 1. The number of nitrogens with zero attached hydrogens (tertiary/aromatic N) is 3. The summed E-state index contributed by atoms with van der Waals surface area (Å²) in [6.45, 7) is 3.09. The number of anilines is 3. The van der Waals surface area contributed by atoms with Gasteiger partial charge in [0.15, 0.2) is 11.5 Å². The predicted molar refractivity (Wildman–Crippen MR) is 139 cm³/mol. The van der Waals surface area contributed by atoms with Crippen LogP contribution in [0.1, 0.15) is 59.3 Å². The van der Waals surface area contributed by atoms with Gasteiger partial charge in [0.25, 0.3) is 11.8 Å². The van der Waals surface area contributed by atoms with E-state index in [4.69, 9.17) is 21.7 Å². The number of fused-ring (bicyclic) bond motifs is 1. The van der Waals surface area contributed by atoms with Gasteiger partial charge in [0.05, 0.1) is 0 Å². The molecule has 2 aromatic carbocycles. The average Bonchev–Trinajstić information content (AvgIpc) is 3.24. The van der Waals surface area contributed by atoms with E-state index >= 15 is 0 Å². The summed E-state index contributed by atoms with van der Waals surface area (Å²) in [5.41, 5.74) is 1.65. The second kappa shape index (κ2) is 11.3. The molecular weight excluding hydrogens is 482 g/mol. The van der Waals surface area contributed by atoms with Gasteiger partial charge >= 0.3 is 6.09 Å². The molecule has 3 aromatic rings. The van der Waals surface area contributed by atoms with Crippen LogP contribution in [0.25, 0.3) is 0 Å². The Kier molecular flexibility index (Phi) is 7.90. The molecule has 1 aromatic heterocycles. The third-order valence-electron chi connectivity index (χ3n) is 5.98. The lowest BCUT2D eigenvalue weighted by molar-refractivity contribution is 0.0985. The monoisotopic (exact) mass is 509 g/mol. The quantitative estimate of drug-likeness (QED) is 0.362. The number of amides is 3. The average molecular weight is 510 g/mol. The lowest BCUT2D eigenvalue weighted by Crippen LogP contribution is -2.34. The first kappa shape index (κ1) is 25.2. The van der Waals surface area contributed by atoms with E-state index in [1.54, 1.807) is 53.4 Å². The highest BCUT2D eigenvalue weighted by atomic mass is 35.5. The summed E-state index contributed by atoms with van der Waals surface area (Å²) in [5, 5.41) is 14.5. The van der Waals surface area contributed by atoms with Crippen molar-refractivity contribution in [1.82, 2.24) is 9.55 Å². The molecule has 1 aliphatic heterocycles. The summed E-state index contributed by atoms with van der Waals surface area (Å²) in [6, 6.07) is 13.1. The minimum atomic E-state index is -1.17. The van der Waals surface area contributed by atoms with Crippen molar-refractivity contribution in [2.45, 2.75) is 45.6 Å². The molecular formula is C26H28ClN5O4. The molecule has 0 fully saturated rings. The molecule has 10 heteroatoms. The second-order valence-corrected chi connectivity index (χ2v) is 9.03. The lowest BCUT2D eigenvalue weighted by Gasteiger charge is -2.22. The van der Waals surface area contributed by atoms with Gasteiger partial charge in [-0.1, -0.05) is 31.0 Å². The fraction of sp³-hybridized carbons (Fsp3) is 0.308. The van der Waals surface area contributed by atoms with Gasteiger partial charge in [-0.25, -0.2) is 9.78 Å². The molecule has 0 atom stereocenters. The molecule has 0 spiro atoms. The van der Waals surface area contributed by atoms with Crippen LogP contribution in [0.3, 0.4) is 0 Å². The highest BCUT2D eigenvalue weighted by Gasteiger charge is 2.31. The Balaban J connectivity index is 1.70. The van der Waals surface area contributed by atoms with Gasteiger partial charge in [-0.3, -0.25) is 19.8 Å². The Morgan fingerprint density at radius 3 is 2.47 bits per heavy atom. The number of carbonyl (C=O) groups excluding carboxylic acids is 2. The fourth-order valence-electron chi connectivity index (χ4n) is 4.23. The molecule has 4 rings (SSSR count). The van der Waals surface area contributed by atoms with Crippen LogP contribution in [0.4, 0.5) is 22.0 Å². The van der Waals surface area contributed by atoms with Crippen molar-refractivity contribution in [2.75, 3.05) is 22.1 Å². The van der Waals surface area contributed by atoms with Crippen LogP contribution in [0.2, 0.25) is 5.02 Å². The van der Waals surface area contributed by atoms with Gasteiger partial charge < -0.3 is 15.0 Å². The Bertz CT molecular complexity index is 1270. The van der Waals surface area contributed by atoms with E-state index in [1.165, 1.54) is 0 Å². The summed E-state index contributed by atoms with van der Waals surface area (Å²) >= 11 is 6.15. The van der Waals surface area contributed by atoms with Crippen molar-refractivity contribution >= 4 is 46.7 Å². The number of nitrogens with one attached hydrogen (secondary N) is 2.